The maximum atomic E-state index is 13.0. The molecule has 3 fully saturated rings. The van der Waals surface area contributed by atoms with Crippen molar-refractivity contribution in [3.05, 3.63) is 29.8 Å². The summed E-state index contributed by atoms with van der Waals surface area (Å²) in [5.41, 5.74) is 0.795. The van der Waals surface area contributed by atoms with Crippen LogP contribution in [0.25, 0.3) is 0 Å². The third kappa shape index (κ3) is 9.02. The molecular weight excluding hydrogens is 652 g/mol. The molecule has 260 valence electrons. The smallest absolute Gasteiger partial charge is 0.303 e. The van der Waals surface area contributed by atoms with Gasteiger partial charge in [0.25, 0.3) is 10.1 Å². The minimum absolute atomic E-state index is 0.111. The molecule has 0 N–H and O–H groups in total. The van der Waals surface area contributed by atoms with E-state index in [1.807, 2.05) is 0 Å². The van der Waals surface area contributed by atoms with Gasteiger partial charge in [0.2, 0.25) is 0 Å². The molecule has 0 radical (unpaired) electrons. The first-order chi connectivity index (χ1) is 22.0. The average Bonchev–Trinajstić information content (AvgIpc) is 3.40. The number of ether oxygens (including phenoxy) is 9. The van der Waals surface area contributed by atoms with Gasteiger partial charge >= 0.3 is 29.8 Å². The van der Waals surface area contributed by atoms with Crippen LogP contribution in [0, 0.1) is 6.92 Å². The molecule has 47 heavy (non-hydrogen) atoms. The van der Waals surface area contributed by atoms with Crippen molar-refractivity contribution in [2.45, 2.75) is 108 Å². The Bertz CT molecular complexity index is 1440. The van der Waals surface area contributed by atoms with E-state index >= 15 is 0 Å². The molecular formula is C29H36O17S. The summed E-state index contributed by atoms with van der Waals surface area (Å²) >= 11 is 0. The zero-order valence-corrected chi connectivity index (χ0v) is 27.2. The van der Waals surface area contributed by atoms with Crippen LogP contribution in [0.2, 0.25) is 0 Å². The van der Waals surface area contributed by atoms with Gasteiger partial charge in [-0.25, -0.2) is 0 Å². The Morgan fingerprint density at radius 1 is 0.681 bits per heavy atom. The molecule has 3 saturated heterocycles. The van der Waals surface area contributed by atoms with Crippen LogP contribution in [0.4, 0.5) is 0 Å². The van der Waals surface area contributed by atoms with Crippen molar-refractivity contribution in [1.29, 1.82) is 0 Å². The maximum absolute atomic E-state index is 13.0. The maximum Gasteiger partial charge on any atom is 0.303 e. The van der Waals surface area contributed by atoms with Gasteiger partial charge in [0.05, 0.1) is 18.1 Å². The van der Waals surface area contributed by atoms with Crippen molar-refractivity contribution in [3.8, 4) is 0 Å². The van der Waals surface area contributed by atoms with Gasteiger partial charge in [-0.3, -0.25) is 28.2 Å². The van der Waals surface area contributed by atoms with Crippen LogP contribution >= 0.6 is 0 Å². The average molecular weight is 689 g/mol. The Morgan fingerprint density at radius 3 is 1.72 bits per heavy atom. The molecule has 0 spiro atoms. The van der Waals surface area contributed by atoms with Gasteiger partial charge < -0.3 is 42.6 Å². The monoisotopic (exact) mass is 688 g/mol. The van der Waals surface area contributed by atoms with E-state index in [1.165, 1.54) is 12.1 Å². The lowest BCUT2D eigenvalue weighted by Gasteiger charge is -2.46. The zero-order valence-electron chi connectivity index (χ0n) is 26.3. The van der Waals surface area contributed by atoms with E-state index in [-0.39, 0.29) is 11.5 Å². The van der Waals surface area contributed by atoms with Crippen molar-refractivity contribution in [2.75, 3.05) is 13.2 Å². The number of fused-ring (bicyclic) bond motifs is 2. The minimum atomic E-state index is -4.39. The highest BCUT2D eigenvalue weighted by Crippen LogP contribution is 2.37. The van der Waals surface area contributed by atoms with E-state index in [1.54, 1.807) is 19.1 Å². The van der Waals surface area contributed by atoms with Gasteiger partial charge in [0.1, 0.15) is 18.3 Å². The Labute approximate surface area is 270 Å². The Morgan fingerprint density at radius 2 is 1.17 bits per heavy atom. The van der Waals surface area contributed by atoms with Crippen molar-refractivity contribution < 1.29 is 79.2 Å². The van der Waals surface area contributed by atoms with E-state index in [4.69, 9.17) is 46.8 Å². The summed E-state index contributed by atoms with van der Waals surface area (Å²) in [5.74, 6) is -4.18. The number of carbonyl (C=O) groups is 5. The van der Waals surface area contributed by atoms with Crippen molar-refractivity contribution in [3.63, 3.8) is 0 Å². The molecule has 17 nitrogen and oxygen atoms in total. The van der Waals surface area contributed by atoms with Crippen LogP contribution < -0.4 is 0 Å². The highest BCUT2D eigenvalue weighted by atomic mass is 32.2. The van der Waals surface area contributed by atoms with Crippen LogP contribution in [0.15, 0.2) is 29.2 Å². The van der Waals surface area contributed by atoms with Gasteiger partial charge in [-0.15, -0.1) is 0 Å². The fourth-order valence-electron chi connectivity index (χ4n) is 5.33. The van der Waals surface area contributed by atoms with Gasteiger partial charge in [-0.2, -0.15) is 8.42 Å². The summed E-state index contributed by atoms with van der Waals surface area (Å²) < 4.78 is 82.1. The second-order valence-corrected chi connectivity index (χ2v) is 12.6. The second kappa shape index (κ2) is 15.0. The molecule has 2 bridgehead atoms. The first-order valence-electron chi connectivity index (χ1n) is 14.5. The molecule has 3 aliphatic rings. The fraction of sp³-hybridized carbons (Fsp3) is 0.621. The summed E-state index contributed by atoms with van der Waals surface area (Å²) in [6.07, 6.45) is -14.1. The van der Waals surface area contributed by atoms with Gasteiger partial charge in [-0.05, 0) is 19.1 Å². The molecule has 0 aromatic heterocycles. The number of hydrogen-bond donors (Lipinski definition) is 0. The molecule has 4 rings (SSSR count). The number of hydrogen-bond acceptors (Lipinski definition) is 17. The highest BCUT2D eigenvalue weighted by Gasteiger charge is 2.59. The summed E-state index contributed by atoms with van der Waals surface area (Å²) in [6.45, 7) is 6.23. The summed E-state index contributed by atoms with van der Waals surface area (Å²) in [5, 5.41) is 0. The molecule has 0 amide bonds. The van der Waals surface area contributed by atoms with Gasteiger partial charge in [0, 0.05) is 34.6 Å². The Hall–Kier alpha value is -3.68. The summed E-state index contributed by atoms with van der Waals surface area (Å²) in [4.78, 5) is 60.6. The van der Waals surface area contributed by atoms with Crippen LogP contribution in [0.1, 0.15) is 40.2 Å². The largest absolute Gasteiger partial charge is 0.456 e. The highest BCUT2D eigenvalue weighted by molar-refractivity contribution is 7.86. The van der Waals surface area contributed by atoms with Crippen LogP contribution in [0.5, 0.6) is 0 Å². The number of rotatable bonds is 11. The standard InChI is InChI=1S/C29H36O17S/c1-13-7-9-19(10-8-13)47(35,36)38-12-21-22(39-14(2)30)24(40-15(3)31)27(43-18(6)34)29(45-21)46-23-20-11-37-28(44-20)26(42-17(5)33)25(23)41-16(4)32/h7-10,20-29H,11-12H2,1-6H3/t20-,21-,22-,23-,24+,25+,26-,27-,28-,29-/m1/s1. The van der Waals surface area contributed by atoms with Crippen molar-refractivity contribution >= 4 is 40.0 Å². The van der Waals surface area contributed by atoms with Crippen LogP contribution in [0.3, 0.4) is 0 Å². The number of carbonyl (C=O) groups excluding carboxylic acids is 5. The minimum Gasteiger partial charge on any atom is -0.456 e. The van der Waals surface area contributed by atoms with Crippen LogP contribution in [-0.2, 0) is 80.9 Å². The predicted octanol–water partition coefficient (Wildman–Crippen LogP) is 0.224. The summed E-state index contributed by atoms with van der Waals surface area (Å²) in [7, 11) is -4.39. The molecule has 0 aliphatic carbocycles. The first kappa shape index (κ1) is 36.2. The molecule has 1 aromatic carbocycles. The molecule has 10 atom stereocenters. The zero-order chi connectivity index (χ0) is 34.6. The lowest BCUT2D eigenvalue weighted by molar-refractivity contribution is -0.339. The van der Waals surface area contributed by atoms with Gasteiger partial charge in [-0.1, -0.05) is 17.7 Å². The molecule has 3 aliphatic heterocycles. The molecule has 3 heterocycles. The normalized spacial score (nSPS) is 31.7. The van der Waals surface area contributed by atoms with Crippen molar-refractivity contribution in [1.82, 2.24) is 0 Å². The molecule has 18 heteroatoms. The molecule has 0 saturated carbocycles. The Kier molecular flexibility index (Phi) is 11.6. The van der Waals surface area contributed by atoms with E-state index in [0.29, 0.717) is 0 Å². The number of esters is 5. The second-order valence-electron chi connectivity index (χ2n) is 10.9. The Balaban J connectivity index is 1.72. The molecule has 1 aromatic rings. The quantitative estimate of drug-likeness (QED) is 0.173. The van der Waals surface area contributed by atoms with E-state index in [0.717, 1.165) is 40.2 Å². The lowest BCUT2D eigenvalue weighted by Crippen LogP contribution is -2.65. The van der Waals surface area contributed by atoms with E-state index in [9.17, 15) is 32.4 Å². The predicted molar refractivity (Wildman–Crippen MR) is 150 cm³/mol. The van der Waals surface area contributed by atoms with Crippen molar-refractivity contribution in [2.24, 2.45) is 0 Å². The lowest BCUT2D eigenvalue weighted by atomic mass is 9.96. The summed E-state index contributed by atoms with van der Waals surface area (Å²) in [6, 6.07) is 5.78. The third-order valence-corrected chi connectivity index (χ3v) is 8.40. The SMILES string of the molecule is CC(=O)O[C@@H]1[C@@H](OC(C)=O)[C@@H](O[C@H]2[C@H](OC(C)=O)[C@@H](OC(C)=O)[C@@H]3OC[C@H]2O3)O[C@H](COS(=O)(=O)c2ccc(C)cc2)[C@H]1OC(C)=O. The number of benzene rings is 1. The fourth-order valence-corrected chi connectivity index (χ4v) is 6.25. The third-order valence-electron chi connectivity index (χ3n) is 7.11. The topological polar surface area (TPSA) is 212 Å². The first-order valence-corrected chi connectivity index (χ1v) is 15.9. The van der Waals surface area contributed by atoms with Crippen LogP contribution in [-0.4, -0.2) is 113 Å². The van der Waals surface area contributed by atoms with E-state index in [2.05, 4.69) is 0 Å². The van der Waals surface area contributed by atoms with E-state index < -0.39 is 108 Å². The molecule has 0 unspecified atom stereocenters. The number of aryl methyl sites for hydroxylation is 1. The van der Waals surface area contributed by atoms with Gasteiger partial charge in [0.15, 0.2) is 43.1 Å².